The van der Waals surface area contributed by atoms with E-state index in [1.807, 2.05) is 42.5 Å². The van der Waals surface area contributed by atoms with Crippen molar-refractivity contribution in [2.45, 2.75) is 6.18 Å². The van der Waals surface area contributed by atoms with Crippen LogP contribution in [0.5, 0.6) is 0 Å². The molecule has 0 fully saturated rings. The smallest absolute Gasteiger partial charge is 0.289 e. The van der Waals surface area contributed by atoms with E-state index in [2.05, 4.69) is 4.98 Å². The van der Waals surface area contributed by atoms with E-state index in [0.717, 1.165) is 11.6 Å². The number of aromatic nitrogens is 1. The van der Waals surface area contributed by atoms with Gasteiger partial charge in [0.25, 0.3) is 0 Å². The summed E-state index contributed by atoms with van der Waals surface area (Å²) in [5.41, 5.74) is 2.63. The highest BCUT2D eigenvalue weighted by Gasteiger charge is 2.34. The molecule has 0 aliphatic heterocycles. The van der Waals surface area contributed by atoms with Gasteiger partial charge in [-0.1, -0.05) is 97.1 Å². The van der Waals surface area contributed by atoms with Crippen molar-refractivity contribution in [1.29, 1.82) is 0 Å². The third-order valence-electron chi connectivity index (χ3n) is 5.76. The average molecular weight is 453 g/mol. The Morgan fingerprint density at radius 3 is 2.03 bits per heavy atom. The first kappa shape index (κ1) is 21.6. The minimum absolute atomic E-state index is 0.121. The monoisotopic (exact) mass is 453 g/mol. The van der Waals surface area contributed by atoms with Gasteiger partial charge >= 0.3 is 6.18 Å². The minimum atomic E-state index is -4.54. The van der Waals surface area contributed by atoms with E-state index in [1.165, 1.54) is 12.3 Å². The van der Waals surface area contributed by atoms with Gasteiger partial charge in [-0.3, -0.25) is 9.78 Å². The minimum Gasteiger partial charge on any atom is -0.289 e. The number of carbonyl (C=O) groups is 1. The van der Waals surface area contributed by atoms with Crippen LogP contribution in [0.2, 0.25) is 0 Å². The summed E-state index contributed by atoms with van der Waals surface area (Å²) in [5.74, 6) is -0.167. The van der Waals surface area contributed by atoms with Gasteiger partial charge in [-0.15, -0.1) is 0 Å². The molecule has 0 unspecified atom stereocenters. The van der Waals surface area contributed by atoms with Crippen molar-refractivity contribution >= 4 is 16.7 Å². The number of hydrogen-bond acceptors (Lipinski definition) is 2. The summed E-state index contributed by atoms with van der Waals surface area (Å²) in [7, 11) is 0. The quantitative estimate of drug-likeness (QED) is 0.260. The summed E-state index contributed by atoms with van der Waals surface area (Å²) in [6, 6.07) is 29.3. The summed E-state index contributed by atoms with van der Waals surface area (Å²) < 4.78 is 41.2. The highest BCUT2D eigenvalue weighted by molar-refractivity contribution is 6.14. The molecule has 0 amide bonds. The lowest BCUT2D eigenvalue weighted by molar-refractivity contribution is -0.136. The van der Waals surface area contributed by atoms with Gasteiger partial charge in [-0.2, -0.15) is 13.2 Å². The van der Waals surface area contributed by atoms with Crippen LogP contribution in [0.25, 0.3) is 33.2 Å². The maximum atomic E-state index is 13.7. The second kappa shape index (κ2) is 8.60. The molecule has 0 saturated heterocycles. The maximum Gasteiger partial charge on any atom is 0.418 e. The van der Waals surface area contributed by atoms with Crippen LogP contribution >= 0.6 is 0 Å². The number of pyridine rings is 1. The summed E-state index contributed by atoms with van der Waals surface area (Å²) >= 11 is 0. The number of hydrogen-bond donors (Lipinski definition) is 0. The molecule has 5 heteroatoms. The molecule has 0 atom stereocenters. The molecule has 1 aromatic heterocycles. The zero-order chi connectivity index (χ0) is 23.7. The van der Waals surface area contributed by atoms with Crippen LogP contribution in [0.3, 0.4) is 0 Å². The van der Waals surface area contributed by atoms with Crippen LogP contribution in [0.4, 0.5) is 13.2 Å². The van der Waals surface area contributed by atoms with Crippen molar-refractivity contribution in [3.05, 3.63) is 126 Å². The number of carbonyl (C=O) groups excluding carboxylic acids is 1. The zero-order valence-electron chi connectivity index (χ0n) is 17.9. The number of nitrogens with zero attached hydrogens (tertiary/aromatic N) is 1. The first-order chi connectivity index (χ1) is 16.4. The lowest BCUT2D eigenvalue weighted by atomic mass is 9.88. The van der Waals surface area contributed by atoms with Crippen molar-refractivity contribution in [3.8, 4) is 22.3 Å². The molecule has 0 spiro atoms. The Kier molecular flexibility index (Phi) is 5.46. The number of alkyl halides is 3. The van der Waals surface area contributed by atoms with Gasteiger partial charge in [0.15, 0.2) is 5.78 Å². The molecule has 166 valence electrons. The Bertz CT molecular complexity index is 1490. The highest BCUT2D eigenvalue weighted by Crippen LogP contribution is 2.42. The van der Waals surface area contributed by atoms with Crippen molar-refractivity contribution in [2.24, 2.45) is 0 Å². The molecule has 34 heavy (non-hydrogen) atoms. The number of halogens is 3. The molecular weight excluding hydrogens is 435 g/mol. The van der Waals surface area contributed by atoms with E-state index in [0.29, 0.717) is 33.2 Å². The fraction of sp³-hybridized carbons (Fsp3) is 0.0345. The Morgan fingerprint density at radius 2 is 1.32 bits per heavy atom. The molecule has 0 N–H and O–H groups in total. The Labute approximate surface area is 194 Å². The van der Waals surface area contributed by atoms with Crippen molar-refractivity contribution in [2.75, 3.05) is 0 Å². The molecular formula is C29H18F3NO. The molecule has 0 aliphatic rings. The van der Waals surface area contributed by atoms with Crippen molar-refractivity contribution in [1.82, 2.24) is 4.98 Å². The first-order valence-electron chi connectivity index (χ1n) is 10.7. The van der Waals surface area contributed by atoms with Crippen LogP contribution in [0, 0.1) is 0 Å². The third-order valence-corrected chi connectivity index (χ3v) is 5.76. The van der Waals surface area contributed by atoms with E-state index in [1.54, 1.807) is 48.5 Å². The zero-order valence-corrected chi connectivity index (χ0v) is 17.9. The molecule has 0 radical (unpaired) electrons. The maximum absolute atomic E-state index is 13.7. The van der Waals surface area contributed by atoms with Crippen LogP contribution < -0.4 is 0 Å². The first-order valence-corrected chi connectivity index (χ1v) is 10.7. The normalized spacial score (nSPS) is 11.5. The molecule has 5 aromatic rings. The highest BCUT2D eigenvalue weighted by atomic mass is 19.4. The number of para-hydroxylation sites is 1. The Morgan fingerprint density at radius 1 is 0.676 bits per heavy atom. The molecule has 0 aliphatic carbocycles. The molecule has 5 rings (SSSR count). The number of ketones is 1. The van der Waals surface area contributed by atoms with Gasteiger partial charge < -0.3 is 0 Å². The van der Waals surface area contributed by atoms with E-state index >= 15 is 0 Å². The lowest BCUT2D eigenvalue weighted by Crippen LogP contribution is -2.07. The number of benzene rings is 4. The summed E-state index contributed by atoms with van der Waals surface area (Å²) in [6.45, 7) is 0. The average Bonchev–Trinajstić information content (AvgIpc) is 2.87. The van der Waals surface area contributed by atoms with Crippen LogP contribution in [0.1, 0.15) is 21.5 Å². The van der Waals surface area contributed by atoms with E-state index in [9.17, 15) is 18.0 Å². The van der Waals surface area contributed by atoms with E-state index in [4.69, 9.17) is 0 Å². The van der Waals surface area contributed by atoms with E-state index in [-0.39, 0.29) is 11.3 Å². The number of fused-ring (bicyclic) bond motifs is 1. The number of rotatable bonds is 4. The largest absolute Gasteiger partial charge is 0.418 e. The van der Waals surface area contributed by atoms with Crippen LogP contribution in [-0.4, -0.2) is 10.8 Å². The Balaban J connectivity index is 1.82. The summed E-state index contributed by atoms with van der Waals surface area (Å²) in [4.78, 5) is 17.6. The van der Waals surface area contributed by atoms with Crippen LogP contribution in [0.15, 0.2) is 109 Å². The molecule has 0 bridgehead atoms. The van der Waals surface area contributed by atoms with Gasteiger partial charge in [0.1, 0.15) is 0 Å². The molecule has 4 aromatic carbocycles. The predicted octanol–water partition coefficient (Wildman–Crippen LogP) is 7.82. The second-order valence-electron chi connectivity index (χ2n) is 7.85. The molecule has 2 nitrogen and oxygen atoms in total. The summed E-state index contributed by atoms with van der Waals surface area (Å²) in [5, 5.41) is 0.375. The lowest BCUT2D eigenvalue weighted by Gasteiger charge is -2.18. The van der Waals surface area contributed by atoms with Crippen LogP contribution in [-0.2, 0) is 6.18 Å². The van der Waals surface area contributed by atoms with Gasteiger partial charge in [0.2, 0.25) is 0 Å². The van der Waals surface area contributed by atoms with Gasteiger partial charge in [0, 0.05) is 33.8 Å². The van der Waals surface area contributed by atoms with Gasteiger partial charge in [-0.05, 0) is 17.2 Å². The standard InChI is InChI=1S/C29H18F3NO/c30-29(31,32)25-17-9-16-23-26(19-10-3-1-4-11-19)24(18-33-27(23)25)21-14-7-8-15-22(21)28(34)20-12-5-2-6-13-20/h1-18H. The topological polar surface area (TPSA) is 30.0 Å². The summed E-state index contributed by atoms with van der Waals surface area (Å²) in [6.07, 6.45) is -3.10. The van der Waals surface area contributed by atoms with E-state index < -0.39 is 11.7 Å². The van der Waals surface area contributed by atoms with Gasteiger partial charge in [0.05, 0.1) is 11.1 Å². The van der Waals surface area contributed by atoms with Crippen molar-refractivity contribution in [3.63, 3.8) is 0 Å². The molecule has 1 heterocycles. The second-order valence-corrected chi connectivity index (χ2v) is 7.85. The van der Waals surface area contributed by atoms with Gasteiger partial charge in [-0.25, -0.2) is 0 Å². The SMILES string of the molecule is O=C(c1ccccc1)c1ccccc1-c1cnc2c(C(F)(F)F)cccc2c1-c1ccccc1. The molecule has 0 saturated carbocycles. The fourth-order valence-corrected chi connectivity index (χ4v) is 4.23. The van der Waals surface area contributed by atoms with Crippen molar-refractivity contribution < 1.29 is 18.0 Å². The third kappa shape index (κ3) is 3.86. The predicted molar refractivity (Wildman–Crippen MR) is 127 cm³/mol. The fourth-order valence-electron chi connectivity index (χ4n) is 4.23. The Hall–Kier alpha value is -4.25.